The Morgan fingerprint density at radius 1 is 1.05 bits per heavy atom. The lowest BCUT2D eigenvalue weighted by molar-refractivity contribution is -0.140. The van der Waals surface area contributed by atoms with Crippen LogP contribution >= 0.6 is 0 Å². The van der Waals surface area contributed by atoms with Gasteiger partial charge in [-0.3, -0.25) is 9.59 Å². The summed E-state index contributed by atoms with van der Waals surface area (Å²) in [5.74, 6) is -0.838. The number of Topliss-reactive ketones (excluding diaryl/α,β-unsaturated/α-hetero) is 1. The van der Waals surface area contributed by atoms with Crippen LogP contribution in [0.3, 0.4) is 0 Å². The number of methoxy groups -OCH3 is 1. The fraction of sp³-hybridized carbons (Fsp3) is 0.345. The van der Waals surface area contributed by atoms with Gasteiger partial charge < -0.3 is 19.6 Å². The fourth-order valence-electron chi connectivity index (χ4n) is 4.86. The van der Waals surface area contributed by atoms with Gasteiger partial charge in [-0.25, -0.2) is 4.68 Å². The zero-order valence-electron chi connectivity index (χ0n) is 21.8. The van der Waals surface area contributed by atoms with E-state index in [0.717, 1.165) is 30.9 Å². The number of carbonyl (C=O) groups is 2. The van der Waals surface area contributed by atoms with E-state index in [4.69, 9.17) is 4.74 Å². The molecule has 1 amide bonds. The van der Waals surface area contributed by atoms with E-state index in [-0.39, 0.29) is 11.3 Å². The van der Waals surface area contributed by atoms with Gasteiger partial charge in [-0.05, 0) is 62.8 Å². The van der Waals surface area contributed by atoms with Crippen molar-refractivity contribution in [2.24, 2.45) is 0 Å². The largest absolute Gasteiger partial charge is 0.507 e. The molecular formula is C29H34N4O4. The number of para-hydroxylation sites is 1. The summed E-state index contributed by atoms with van der Waals surface area (Å²) in [6, 6.07) is 16.1. The number of carbonyl (C=O) groups excluding carboxylic acids is 2. The lowest BCUT2D eigenvalue weighted by Crippen LogP contribution is -2.33. The van der Waals surface area contributed by atoms with E-state index in [0.29, 0.717) is 30.0 Å². The lowest BCUT2D eigenvalue weighted by Gasteiger charge is -2.27. The van der Waals surface area contributed by atoms with E-state index in [1.165, 1.54) is 6.20 Å². The number of rotatable bonds is 10. The Labute approximate surface area is 217 Å². The van der Waals surface area contributed by atoms with Crippen LogP contribution in [0.2, 0.25) is 0 Å². The number of hydrogen-bond acceptors (Lipinski definition) is 6. The number of aliphatic hydroxyl groups excluding tert-OH is 1. The molecule has 8 heteroatoms. The smallest absolute Gasteiger partial charge is 0.295 e. The minimum atomic E-state index is -0.706. The molecule has 0 radical (unpaired) electrons. The molecule has 1 aliphatic heterocycles. The third-order valence-electron chi connectivity index (χ3n) is 7.00. The summed E-state index contributed by atoms with van der Waals surface area (Å²) < 4.78 is 7.00. The van der Waals surface area contributed by atoms with Crippen molar-refractivity contribution in [3.63, 3.8) is 0 Å². The van der Waals surface area contributed by atoms with Gasteiger partial charge in [0.2, 0.25) is 0 Å². The van der Waals surface area contributed by atoms with Crippen LogP contribution in [0.5, 0.6) is 5.75 Å². The summed E-state index contributed by atoms with van der Waals surface area (Å²) in [6.07, 6.45) is 2.25. The molecule has 2 heterocycles. The molecular weight excluding hydrogens is 468 g/mol. The average Bonchev–Trinajstić information content (AvgIpc) is 3.44. The highest BCUT2D eigenvalue weighted by Gasteiger charge is 2.46. The maximum absolute atomic E-state index is 13.4. The molecule has 1 aliphatic rings. The quantitative estimate of drug-likeness (QED) is 0.252. The fourth-order valence-corrected chi connectivity index (χ4v) is 4.86. The SMILES string of the molecule is CCN(CC)CCCN1C(=O)C(=O)/C(=C(/O)c2cnn(-c3ccccc3)c2C)C1c1ccc(OC)cc1. The molecule has 0 saturated carbocycles. The van der Waals surface area contributed by atoms with Crippen molar-refractivity contribution in [3.8, 4) is 11.4 Å². The summed E-state index contributed by atoms with van der Waals surface area (Å²) in [6.45, 7) is 9.09. The second kappa shape index (κ2) is 11.4. The molecule has 2 aromatic carbocycles. The first kappa shape index (κ1) is 26.2. The van der Waals surface area contributed by atoms with Crippen LogP contribution < -0.4 is 4.74 Å². The van der Waals surface area contributed by atoms with Crippen molar-refractivity contribution in [1.82, 2.24) is 19.6 Å². The molecule has 0 bridgehead atoms. The van der Waals surface area contributed by atoms with Gasteiger partial charge in [0.15, 0.2) is 0 Å². The Morgan fingerprint density at radius 3 is 2.35 bits per heavy atom. The molecule has 3 aromatic rings. The normalized spacial score (nSPS) is 17.1. The number of nitrogens with zero attached hydrogens (tertiary/aromatic N) is 4. The summed E-state index contributed by atoms with van der Waals surface area (Å²) >= 11 is 0. The highest BCUT2D eigenvalue weighted by atomic mass is 16.5. The van der Waals surface area contributed by atoms with Gasteiger partial charge in [0, 0.05) is 6.54 Å². The molecule has 1 fully saturated rings. The molecule has 0 spiro atoms. The number of ether oxygens (including phenoxy) is 1. The van der Waals surface area contributed by atoms with Crippen LogP contribution in [0.15, 0.2) is 66.4 Å². The molecule has 8 nitrogen and oxygen atoms in total. The Bertz CT molecular complexity index is 1280. The molecule has 194 valence electrons. The van der Waals surface area contributed by atoms with Crippen molar-refractivity contribution in [1.29, 1.82) is 0 Å². The minimum Gasteiger partial charge on any atom is -0.507 e. The zero-order chi connectivity index (χ0) is 26.5. The van der Waals surface area contributed by atoms with Crippen LogP contribution in [-0.4, -0.2) is 69.7 Å². The van der Waals surface area contributed by atoms with E-state index in [9.17, 15) is 14.7 Å². The maximum atomic E-state index is 13.4. The van der Waals surface area contributed by atoms with Crippen molar-refractivity contribution < 1.29 is 19.4 Å². The van der Waals surface area contributed by atoms with Crippen molar-refractivity contribution in [3.05, 3.63) is 83.2 Å². The van der Waals surface area contributed by atoms with E-state index >= 15 is 0 Å². The number of ketones is 1. The second-order valence-electron chi connectivity index (χ2n) is 9.04. The molecule has 37 heavy (non-hydrogen) atoms. The van der Waals surface area contributed by atoms with Gasteiger partial charge in [0.25, 0.3) is 11.7 Å². The molecule has 1 N–H and O–H groups in total. The van der Waals surface area contributed by atoms with Gasteiger partial charge >= 0.3 is 0 Å². The third kappa shape index (κ3) is 5.15. The van der Waals surface area contributed by atoms with Gasteiger partial charge in [-0.15, -0.1) is 0 Å². The Hall–Kier alpha value is -3.91. The summed E-state index contributed by atoms with van der Waals surface area (Å²) in [5, 5.41) is 15.9. The van der Waals surface area contributed by atoms with E-state index in [1.807, 2.05) is 49.4 Å². The third-order valence-corrected chi connectivity index (χ3v) is 7.00. The standard InChI is InChI=1S/C29H34N4O4/c1-5-31(6-2)17-10-18-32-26(21-13-15-23(37-4)16-14-21)25(28(35)29(32)36)27(34)24-19-30-33(20(24)3)22-11-8-7-9-12-22/h7-9,11-16,19,26,34H,5-6,10,17-18H2,1-4H3/b27-25+. The molecule has 1 unspecified atom stereocenters. The van der Waals surface area contributed by atoms with Crippen LogP contribution in [-0.2, 0) is 9.59 Å². The predicted octanol–water partition coefficient (Wildman–Crippen LogP) is 4.34. The number of aliphatic hydroxyl groups is 1. The molecule has 1 aromatic heterocycles. The molecule has 1 saturated heterocycles. The monoisotopic (exact) mass is 502 g/mol. The van der Waals surface area contributed by atoms with E-state index < -0.39 is 17.7 Å². The first-order chi connectivity index (χ1) is 17.9. The first-order valence-corrected chi connectivity index (χ1v) is 12.7. The number of aromatic nitrogens is 2. The van der Waals surface area contributed by atoms with Crippen molar-refractivity contribution >= 4 is 17.4 Å². The topological polar surface area (TPSA) is 87.9 Å². The predicted molar refractivity (Wildman–Crippen MR) is 143 cm³/mol. The van der Waals surface area contributed by atoms with Crippen molar-refractivity contribution in [2.45, 2.75) is 33.2 Å². The Kier molecular flexibility index (Phi) is 8.08. The second-order valence-corrected chi connectivity index (χ2v) is 9.04. The molecule has 4 rings (SSSR count). The van der Waals surface area contributed by atoms with Gasteiger partial charge in [-0.2, -0.15) is 5.10 Å². The maximum Gasteiger partial charge on any atom is 0.295 e. The van der Waals surface area contributed by atoms with Gasteiger partial charge in [0.1, 0.15) is 11.5 Å². The number of hydrogen-bond donors (Lipinski definition) is 1. The Morgan fingerprint density at radius 2 is 1.73 bits per heavy atom. The summed E-state index contributed by atoms with van der Waals surface area (Å²) in [5.41, 5.74) is 2.74. The summed E-state index contributed by atoms with van der Waals surface area (Å²) in [7, 11) is 1.58. The van der Waals surface area contributed by atoms with E-state index in [2.05, 4.69) is 23.8 Å². The highest BCUT2D eigenvalue weighted by molar-refractivity contribution is 6.46. The minimum absolute atomic E-state index is 0.0775. The zero-order valence-corrected chi connectivity index (χ0v) is 21.8. The van der Waals surface area contributed by atoms with Crippen LogP contribution in [0.4, 0.5) is 0 Å². The highest BCUT2D eigenvalue weighted by Crippen LogP contribution is 2.40. The van der Waals surface area contributed by atoms with E-state index in [1.54, 1.807) is 28.8 Å². The van der Waals surface area contributed by atoms with Crippen LogP contribution in [0, 0.1) is 6.92 Å². The number of benzene rings is 2. The summed E-state index contributed by atoms with van der Waals surface area (Å²) in [4.78, 5) is 30.5. The van der Waals surface area contributed by atoms with Gasteiger partial charge in [-0.1, -0.05) is 44.2 Å². The van der Waals surface area contributed by atoms with Crippen LogP contribution in [0.25, 0.3) is 11.4 Å². The molecule has 0 aliphatic carbocycles. The lowest BCUT2D eigenvalue weighted by atomic mass is 9.95. The van der Waals surface area contributed by atoms with Crippen molar-refractivity contribution in [2.75, 3.05) is 33.3 Å². The number of amides is 1. The average molecular weight is 503 g/mol. The first-order valence-electron chi connectivity index (χ1n) is 12.7. The Balaban J connectivity index is 1.76. The number of likely N-dealkylation sites (tertiary alicyclic amines) is 1. The molecule has 1 atom stereocenters. The van der Waals surface area contributed by atoms with Gasteiger partial charge in [0.05, 0.1) is 41.9 Å². The van der Waals surface area contributed by atoms with Crippen LogP contribution in [0.1, 0.15) is 43.1 Å².